The maximum atomic E-state index is 13.6. The minimum absolute atomic E-state index is 0.244. The van der Waals surface area contributed by atoms with Crippen LogP contribution in [0.15, 0.2) is 18.2 Å². The van der Waals surface area contributed by atoms with Crippen LogP contribution < -0.4 is 4.90 Å². The first kappa shape index (κ1) is 20.9. The van der Waals surface area contributed by atoms with Gasteiger partial charge in [-0.2, -0.15) is 13.2 Å². The van der Waals surface area contributed by atoms with E-state index in [1.54, 1.807) is 20.8 Å². The van der Waals surface area contributed by atoms with Gasteiger partial charge >= 0.3 is 18.1 Å². The van der Waals surface area contributed by atoms with E-state index in [0.717, 1.165) is 12.1 Å². The molecule has 0 atom stereocenters. The Bertz CT molecular complexity index is 638. The number of hydrogen-bond acceptors (Lipinski definition) is 4. The summed E-state index contributed by atoms with van der Waals surface area (Å²) in [6.45, 7) is 3.94. The normalized spacial score (nSPS) is 12.0. The highest BCUT2D eigenvalue weighted by Crippen LogP contribution is 2.29. The smallest absolute Gasteiger partial charge is 0.456 e. The molecule has 0 aliphatic heterocycles. The fourth-order valence-corrected chi connectivity index (χ4v) is 1.90. The zero-order valence-electron chi connectivity index (χ0n) is 14.2. The molecular formula is C16H19F4NO4. The van der Waals surface area contributed by atoms with E-state index in [4.69, 9.17) is 9.47 Å². The lowest BCUT2D eigenvalue weighted by molar-refractivity contribution is -0.170. The van der Waals surface area contributed by atoms with Gasteiger partial charge in [0.25, 0.3) is 0 Å². The van der Waals surface area contributed by atoms with Crippen molar-refractivity contribution in [3.63, 3.8) is 0 Å². The van der Waals surface area contributed by atoms with Gasteiger partial charge in [-0.3, -0.25) is 4.79 Å². The van der Waals surface area contributed by atoms with Crippen molar-refractivity contribution in [3.8, 4) is 0 Å². The minimum Gasteiger partial charge on any atom is -0.456 e. The molecule has 0 bridgehead atoms. The van der Waals surface area contributed by atoms with Crippen LogP contribution in [0.5, 0.6) is 0 Å². The Morgan fingerprint density at radius 2 is 1.76 bits per heavy atom. The third kappa shape index (κ3) is 6.00. The van der Waals surface area contributed by atoms with Gasteiger partial charge in [0.05, 0.1) is 17.9 Å². The van der Waals surface area contributed by atoms with Crippen LogP contribution >= 0.6 is 0 Å². The molecule has 0 unspecified atom stereocenters. The molecule has 5 nitrogen and oxygen atoms in total. The predicted octanol–water partition coefficient (Wildman–Crippen LogP) is 3.32. The van der Waals surface area contributed by atoms with E-state index < -0.39 is 41.7 Å². The number of ether oxygens (including phenoxy) is 2. The van der Waals surface area contributed by atoms with E-state index in [2.05, 4.69) is 0 Å². The van der Waals surface area contributed by atoms with Crippen molar-refractivity contribution < 1.29 is 36.6 Å². The van der Waals surface area contributed by atoms with Gasteiger partial charge in [-0.15, -0.1) is 0 Å². The number of hydrogen-bond donors (Lipinski definition) is 0. The number of alkyl halides is 3. The van der Waals surface area contributed by atoms with Crippen molar-refractivity contribution >= 4 is 17.6 Å². The van der Waals surface area contributed by atoms with Crippen LogP contribution in [0.1, 0.15) is 31.1 Å². The van der Waals surface area contributed by atoms with Gasteiger partial charge in [0.15, 0.2) is 0 Å². The number of rotatable bonds is 5. The SMILES string of the molecule is COCCN(C(=O)C(F)(F)F)c1cc(F)ccc1C(=O)OC(C)(C)C. The summed E-state index contributed by atoms with van der Waals surface area (Å²) in [5, 5.41) is 0. The van der Waals surface area contributed by atoms with Crippen molar-refractivity contribution in [1.29, 1.82) is 0 Å². The summed E-state index contributed by atoms with van der Waals surface area (Å²) >= 11 is 0. The Hall–Kier alpha value is -2.16. The van der Waals surface area contributed by atoms with Crippen molar-refractivity contribution in [2.75, 3.05) is 25.2 Å². The largest absolute Gasteiger partial charge is 0.471 e. The molecule has 0 radical (unpaired) electrons. The lowest BCUT2D eigenvalue weighted by atomic mass is 10.1. The molecule has 0 heterocycles. The van der Waals surface area contributed by atoms with Crippen LogP contribution in [0.25, 0.3) is 0 Å². The van der Waals surface area contributed by atoms with E-state index in [1.807, 2.05) is 0 Å². The van der Waals surface area contributed by atoms with E-state index in [0.29, 0.717) is 6.07 Å². The molecule has 0 spiro atoms. The number of carbonyl (C=O) groups excluding carboxylic acids is 2. The van der Waals surface area contributed by atoms with Crippen LogP contribution in [-0.4, -0.2) is 43.9 Å². The summed E-state index contributed by atoms with van der Waals surface area (Å²) in [6.07, 6.45) is -5.20. The van der Waals surface area contributed by atoms with Gasteiger partial charge in [0.1, 0.15) is 11.4 Å². The van der Waals surface area contributed by atoms with Gasteiger partial charge in [-0.25, -0.2) is 9.18 Å². The highest BCUT2D eigenvalue weighted by Gasteiger charge is 2.44. The van der Waals surface area contributed by atoms with Crippen LogP contribution in [-0.2, 0) is 14.3 Å². The summed E-state index contributed by atoms with van der Waals surface area (Å²) in [5.74, 6) is -4.11. The Morgan fingerprint density at radius 1 is 1.16 bits per heavy atom. The lowest BCUT2D eigenvalue weighted by Gasteiger charge is -2.26. The number of halogens is 4. The molecule has 9 heteroatoms. The molecule has 0 aromatic heterocycles. The molecular weight excluding hydrogens is 346 g/mol. The number of benzene rings is 1. The van der Waals surface area contributed by atoms with Crippen molar-refractivity contribution in [3.05, 3.63) is 29.6 Å². The number of anilines is 1. The van der Waals surface area contributed by atoms with Crippen molar-refractivity contribution in [1.82, 2.24) is 0 Å². The zero-order valence-corrected chi connectivity index (χ0v) is 14.2. The second-order valence-electron chi connectivity index (χ2n) is 6.11. The minimum atomic E-state index is -5.20. The molecule has 140 valence electrons. The standard InChI is InChI=1S/C16H19F4NO4/c1-15(2,3)25-13(22)11-6-5-10(17)9-12(11)21(7-8-24-4)14(23)16(18,19)20/h5-6,9H,7-8H2,1-4H3. The Morgan fingerprint density at radius 3 is 2.24 bits per heavy atom. The average molecular weight is 365 g/mol. The molecule has 0 aliphatic rings. The van der Waals surface area contributed by atoms with Gasteiger partial charge in [-0.1, -0.05) is 0 Å². The summed E-state index contributed by atoms with van der Waals surface area (Å²) in [4.78, 5) is 24.2. The van der Waals surface area contributed by atoms with Crippen LogP contribution in [0.4, 0.5) is 23.2 Å². The van der Waals surface area contributed by atoms with Crippen LogP contribution in [0.2, 0.25) is 0 Å². The molecule has 1 aromatic carbocycles. The topological polar surface area (TPSA) is 55.8 Å². The lowest BCUT2D eigenvalue weighted by Crippen LogP contribution is -2.43. The molecule has 0 fully saturated rings. The second-order valence-corrected chi connectivity index (χ2v) is 6.11. The van der Waals surface area contributed by atoms with Crippen molar-refractivity contribution in [2.45, 2.75) is 32.5 Å². The first-order valence-electron chi connectivity index (χ1n) is 7.27. The Labute approximate surface area is 142 Å². The number of methoxy groups -OCH3 is 1. The third-order valence-electron chi connectivity index (χ3n) is 2.88. The fraction of sp³-hybridized carbons (Fsp3) is 0.500. The molecule has 0 N–H and O–H groups in total. The molecule has 1 rings (SSSR count). The highest BCUT2D eigenvalue weighted by molar-refractivity contribution is 6.04. The summed E-state index contributed by atoms with van der Waals surface area (Å²) < 4.78 is 62.0. The van der Waals surface area contributed by atoms with Gasteiger partial charge in [-0.05, 0) is 39.0 Å². The summed E-state index contributed by atoms with van der Waals surface area (Å²) in [7, 11) is 1.23. The maximum absolute atomic E-state index is 13.6. The molecule has 0 saturated carbocycles. The first-order valence-corrected chi connectivity index (χ1v) is 7.27. The molecule has 0 aliphatic carbocycles. The number of esters is 1. The summed E-state index contributed by atoms with van der Waals surface area (Å²) in [6, 6.07) is 2.55. The maximum Gasteiger partial charge on any atom is 0.471 e. The van der Waals surface area contributed by atoms with E-state index >= 15 is 0 Å². The van der Waals surface area contributed by atoms with E-state index in [-0.39, 0.29) is 17.1 Å². The monoisotopic (exact) mass is 365 g/mol. The number of nitrogens with zero attached hydrogens (tertiary/aromatic N) is 1. The van der Waals surface area contributed by atoms with E-state index in [1.165, 1.54) is 7.11 Å². The van der Waals surface area contributed by atoms with Gasteiger partial charge in [0, 0.05) is 13.7 Å². The van der Waals surface area contributed by atoms with Crippen LogP contribution in [0.3, 0.4) is 0 Å². The fourth-order valence-electron chi connectivity index (χ4n) is 1.90. The average Bonchev–Trinajstić information content (AvgIpc) is 2.44. The third-order valence-corrected chi connectivity index (χ3v) is 2.88. The number of amides is 1. The zero-order chi connectivity index (χ0) is 19.4. The summed E-state index contributed by atoms with van der Waals surface area (Å²) in [5.41, 5.74) is -1.81. The predicted molar refractivity (Wildman–Crippen MR) is 81.9 cm³/mol. The quantitative estimate of drug-likeness (QED) is 0.593. The van der Waals surface area contributed by atoms with Gasteiger partial charge < -0.3 is 14.4 Å². The van der Waals surface area contributed by atoms with E-state index in [9.17, 15) is 27.2 Å². The molecule has 1 amide bonds. The molecule has 1 aromatic rings. The van der Waals surface area contributed by atoms with Crippen LogP contribution in [0, 0.1) is 5.82 Å². The second kappa shape index (κ2) is 7.81. The molecule has 0 saturated heterocycles. The van der Waals surface area contributed by atoms with Gasteiger partial charge in [0.2, 0.25) is 0 Å². The number of carbonyl (C=O) groups is 2. The Kier molecular flexibility index (Phi) is 6.53. The first-order chi connectivity index (χ1) is 11.4. The van der Waals surface area contributed by atoms with Crippen molar-refractivity contribution in [2.24, 2.45) is 0 Å². The Balaban J connectivity index is 3.40. The highest BCUT2D eigenvalue weighted by atomic mass is 19.4. The molecule has 25 heavy (non-hydrogen) atoms.